The molecular formula is C28H32ClF3N4O3. The van der Waals surface area contributed by atoms with Crippen LogP contribution in [0.1, 0.15) is 27.2 Å². The minimum Gasteiger partial charge on any atom is -0.493 e. The molecule has 39 heavy (non-hydrogen) atoms. The van der Waals surface area contributed by atoms with Crippen molar-refractivity contribution in [1.82, 2.24) is 14.9 Å². The summed E-state index contributed by atoms with van der Waals surface area (Å²) in [6, 6.07) is 5.35. The van der Waals surface area contributed by atoms with Gasteiger partial charge in [-0.3, -0.25) is 4.79 Å². The molecule has 210 valence electrons. The molecule has 1 saturated heterocycles. The molecule has 1 aliphatic rings. The zero-order valence-corrected chi connectivity index (χ0v) is 23.1. The van der Waals surface area contributed by atoms with E-state index in [0.29, 0.717) is 23.2 Å². The van der Waals surface area contributed by atoms with Crippen molar-refractivity contribution >= 4 is 39.9 Å². The van der Waals surface area contributed by atoms with Crippen LogP contribution in [0.4, 0.5) is 24.7 Å². The van der Waals surface area contributed by atoms with Gasteiger partial charge in [0.2, 0.25) is 5.91 Å². The summed E-state index contributed by atoms with van der Waals surface area (Å²) in [6.07, 6.45) is 2.16. The maximum absolute atomic E-state index is 14.8. The number of aromatic nitrogens is 2. The van der Waals surface area contributed by atoms with E-state index in [2.05, 4.69) is 28.4 Å². The number of halogens is 4. The van der Waals surface area contributed by atoms with E-state index in [1.165, 1.54) is 24.4 Å². The van der Waals surface area contributed by atoms with Crippen molar-refractivity contribution in [3.63, 3.8) is 0 Å². The summed E-state index contributed by atoms with van der Waals surface area (Å²) < 4.78 is 54.0. The van der Waals surface area contributed by atoms with Crippen molar-refractivity contribution in [3.05, 3.63) is 72.6 Å². The van der Waals surface area contributed by atoms with Gasteiger partial charge in [0.1, 0.15) is 29.1 Å². The Kier molecular flexibility index (Phi) is 12.1. The molecule has 2 heterocycles. The second-order valence-electron chi connectivity index (χ2n) is 7.95. The lowest BCUT2D eigenvalue weighted by molar-refractivity contribution is -0.129. The fourth-order valence-electron chi connectivity index (χ4n) is 3.67. The number of anilines is 2. The monoisotopic (exact) mass is 564 g/mol. The maximum Gasteiger partial charge on any atom is 0.246 e. The highest BCUT2D eigenvalue weighted by atomic mass is 35.5. The summed E-state index contributed by atoms with van der Waals surface area (Å²) in [7, 11) is 1.43. The summed E-state index contributed by atoms with van der Waals surface area (Å²) in [5, 5.41) is 2.56. The molecule has 2 unspecified atom stereocenters. The molecule has 0 saturated carbocycles. The number of rotatable bonds is 6. The Labute approximate surface area is 231 Å². The lowest BCUT2D eigenvalue weighted by Crippen LogP contribution is -2.48. The first-order valence-electron chi connectivity index (χ1n) is 12.3. The number of nitrogens with one attached hydrogen (secondary N) is 1. The van der Waals surface area contributed by atoms with E-state index >= 15 is 0 Å². The van der Waals surface area contributed by atoms with Gasteiger partial charge in [0, 0.05) is 24.4 Å². The quantitative estimate of drug-likeness (QED) is 0.197. The number of fused-ring (bicyclic) bond motifs is 1. The Morgan fingerprint density at radius 3 is 2.51 bits per heavy atom. The SMILES string of the molecule is C=CC.C=CC(=O)N1CCC(Oc2cc3c(Nc4ccc(F)c(Cl)c4F)ncnc3cc2OC)C(F)C1.CC. The van der Waals surface area contributed by atoms with Crippen LogP contribution in [-0.2, 0) is 4.79 Å². The third kappa shape index (κ3) is 7.63. The van der Waals surface area contributed by atoms with Gasteiger partial charge in [0.15, 0.2) is 23.5 Å². The molecule has 0 aliphatic carbocycles. The minimum atomic E-state index is -1.43. The summed E-state index contributed by atoms with van der Waals surface area (Å²) in [5.74, 6) is -1.47. The highest BCUT2D eigenvalue weighted by Crippen LogP contribution is 2.37. The first-order chi connectivity index (χ1) is 18.7. The number of allylic oxidation sites excluding steroid dienone is 1. The summed E-state index contributed by atoms with van der Waals surface area (Å²) >= 11 is 5.67. The number of amides is 1. The first-order valence-corrected chi connectivity index (χ1v) is 12.6. The Bertz CT molecular complexity index is 1310. The fraction of sp³-hybridized carbons (Fsp3) is 0.321. The number of piperidine rings is 1. The van der Waals surface area contributed by atoms with Gasteiger partial charge in [-0.2, -0.15) is 0 Å². The highest BCUT2D eigenvalue weighted by Gasteiger charge is 2.33. The molecule has 2 aromatic carbocycles. The second-order valence-corrected chi connectivity index (χ2v) is 8.33. The summed E-state index contributed by atoms with van der Waals surface area (Å²) in [6.45, 7) is 12.9. The Morgan fingerprint density at radius 2 is 1.90 bits per heavy atom. The zero-order chi connectivity index (χ0) is 29.1. The molecule has 0 radical (unpaired) electrons. The molecule has 0 bridgehead atoms. The van der Waals surface area contributed by atoms with Gasteiger partial charge in [-0.05, 0) is 31.2 Å². The van der Waals surface area contributed by atoms with Crippen molar-refractivity contribution in [2.75, 3.05) is 25.5 Å². The molecular weight excluding hydrogens is 533 g/mol. The number of alkyl halides is 1. The zero-order valence-electron chi connectivity index (χ0n) is 22.3. The lowest BCUT2D eigenvalue weighted by atomic mass is 10.1. The number of likely N-dealkylation sites (tertiary alicyclic amines) is 1. The van der Waals surface area contributed by atoms with Gasteiger partial charge in [-0.15, -0.1) is 6.58 Å². The molecule has 11 heteroatoms. The second kappa shape index (κ2) is 15.0. The molecule has 1 amide bonds. The van der Waals surface area contributed by atoms with E-state index in [0.717, 1.165) is 12.1 Å². The van der Waals surface area contributed by atoms with Crippen LogP contribution in [0.25, 0.3) is 10.9 Å². The molecule has 1 N–H and O–H groups in total. The predicted molar refractivity (Wildman–Crippen MR) is 149 cm³/mol. The number of hydrogen-bond acceptors (Lipinski definition) is 6. The van der Waals surface area contributed by atoms with Crippen molar-refractivity contribution in [2.24, 2.45) is 0 Å². The molecule has 4 rings (SSSR count). The summed E-state index contributed by atoms with van der Waals surface area (Å²) in [4.78, 5) is 21.5. The van der Waals surface area contributed by atoms with Crippen LogP contribution in [-0.4, -0.2) is 53.2 Å². The van der Waals surface area contributed by atoms with Crippen molar-refractivity contribution in [2.45, 2.75) is 39.5 Å². The molecule has 1 aliphatic heterocycles. The Hall–Kier alpha value is -3.79. The van der Waals surface area contributed by atoms with E-state index in [-0.39, 0.29) is 36.1 Å². The molecule has 7 nitrogen and oxygen atoms in total. The normalized spacial score (nSPS) is 16.2. The summed E-state index contributed by atoms with van der Waals surface area (Å²) in [5.41, 5.74) is 0.353. The lowest BCUT2D eigenvalue weighted by Gasteiger charge is -2.34. The average Bonchev–Trinajstić information content (AvgIpc) is 2.95. The number of benzene rings is 2. The molecule has 1 fully saturated rings. The number of ether oxygens (including phenoxy) is 2. The predicted octanol–water partition coefficient (Wildman–Crippen LogP) is 7.04. The van der Waals surface area contributed by atoms with E-state index < -0.39 is 28.9 Å². The average molecular weight is 565 g/mol. The molecule has 2 atom stereocenters. The van der Waals surface area contributed by atoms with E-state index in [4.69, 9.17) is 21.1 Å². The first kappa shape index (κ1) is 31.4. The number of methoxy groups -OCH3 is 1. The van der Waals surface area contributed by atoms with Crippen LogP contribution in [0.3, 0.4) is 0 Å². The van der Waals surface area contributed by atoms with Crippen LogP contribution in [0.5, 0.6) is 11.5 Å². The van der Waals surface area contributed by atoms with E-state index in [9.17, 15) is 18.0 Å². The van der Waals surface area contributed by atoms with Crippen LogP contribution in [0, 0.1) is 11.6 Å². The Balaban J connectivity index is 0.000000998. The van der Waals surface area contributed by atoms with Gasteiger partial charge in [0.05, 0.1) is 24.9 Å². The van der Waals surface area contributed by atoms with Gasteiger partial charge < -0.3 is 19.7 Å². The van der Waals surface area contributed by atoms with E-state index in [1.54, 1.807) is 18.2 Å². The third-order valence-electron chi connectivity index (χ3n) is 5.46. The Morgan fingerprint density at radius 1 is 1.21 bits per heavy atom. The minimum absolute atomic E-state index is 0.0900. The van der Waals surface area contributed by atoms with Crippen molar-refractivity contribution < 1.29 is 27.4 Å². The van der Waals surface area contributed by atoms with Crippen LogP contribution in [0.15, 0.2) is 55.9 Å². The van der Waals surface area contributed by atoms with Crippen LogP contribution >= 0.6 is 11.6 Å². The van der Waals surface area contributed by atoms with Gasteiger partial charge in [0.25, 0.3) is 0 Å². The highest BCUT2D eigenvalue weighted by molar-refractivity contribution is 6.31. The largest absolute Gasteiger partial charge is 0.493 e. The topological polar surface area (TPSA) is 76.6 Å². The van der Waals surface area contributed by atoms with E-state index in [1.807, 2.05) is 20.8 Å². The van der Waals surface area contributed by atoms with Gasteiger partial charge >= 0.3 is 0 Å². The molecule has 3 aromatic rings. The van der Waals surface area contributed by atoms with Crippen molar-refractivity contribution in [3.8, 4) is 11.5 Å². The smallest absolute Gasteiger partial charge is 0.246 e. The van der Waals surface area contributed by atoms with Crippen LogP contribution in [0.2, 0.25) is 5.02 Å². The number of nitrogens with zero attached hydrogens (tertiary/aromatic N) is 3. The molecule has 1 aromatic heterocycles. The maximum atomic E-state index is 14.8. The van der Waals surface area contributed by atoms with Crippen LogP contribution < -0.4 is 14.8 Å². The van der Waals surface area contributed by atoms with Gasteiger partial charge in [-0.1, -0.05) is 38.1 Å². The fourth-order valence-corrected chi connectivity index (χ4v) is 3.84. The van der Waals surface area contributed by atoms with Crippen molar-refractivity contribution in [1.29, 1.82) is 0 Å². The number of carbonyl (C=O) groups is 1. The third-order valence-corrected chi connectivity index (χ3v) is 5.80. The number of carbonyl (C=O) groups excluding carboxylic acids is 1. The van der Waals surface area contributed by atoms with Gasteiger partial charge in [-0.25, -0.2) is 23.1 Å². The molecule has 0 spiro atoms. The standard InChI is InChI=1S/C23H20ClF3N4O3.C3H6.C2H6/c1-3-20(32)31-7-6-17(14(26)10-31)34-19-8-12-16(9-18(19)33-2)28-11-29-23(12)30-15-5-4-13(25)21(24)22(15)27;1-3-2;1-2/h3-5,8-9,11,14,17H,1,6-7,10H2,2H3,(H,28,29,30);3H,1H2,2H3;1-2H3. The number of hydrogen-bond donors (Lipinski definition) is 1.